The first-order valence-electron chi connectivity index (χ1n) is 9.79. The standard InChI is InChI=1S/C28H16/c1-2-7-18-16-25-20(14-17(18)6-1)12-13-24-27(25)23-11-5-9-21-15-19-8-3-4-10-22(19)28(24)26(21)23/h1-16H. The molecule has 0 aromatic heterocycles. The summed E-state index contributed by atoms with van der Waals surface area (Å²) >= 11 is 0. The second-order valence-electron chi connectivity index (χ2n) is 7.79. The largest absolute Gasteiger partial charge is 0.0616 e. The molecule has 0 heterocycles. The third-order valence-corrected chi connectivity index (χ3v) is 6.31. The molecule has 0 radical (unpaired) electrons. The summed E-state index contributed by atoms with van der Waals surface area (Å²) in [5, 5.41) is 10.7. The summed E-state index contributed by atoms with van der Waals surface area (Å²) in [5.41, 5.74) is 5.52. The van der Waals surface area contributed by atoms with Crippen molar-refractivity contribution in [3.05, 3.63) is 97.1 Å². The van der Waals surface area contributed by atoms with E-state index < -0.39 is 0 Å². The molecular formula is C28H16. The van der Waals surface area contributed by atoms with E-state index in [4.69, 9.17) is 0 Å². The van der Waals surface area contributed by atoms with Gasteiger partial charge in [-0.05, 0) is 83.5 Å². The van der Waals surface area contributed by atoms with E-state index >= 15 is 0 Å². The van der Waals surface area contributed by atoms with Crippen molar-refractivity contribution in [2.24, 2.45) is 0 Å². The van der Waals surface area contributed by atoms with E-state index in [1.54, 1.807) is 0 Å². The Labute approximate surface area is 162 Å². The van der Waals surface area contributed by atoms with Crippen LogP contribution < -0.4 is 0 Å². The van der Waals surface area contributed by atoms with Crippen LogP contribution >= 0.6 is 0 Å². The molecule has 1 aliphatic rings. The molecule has 0 spiro atoms. The number of hydrogen-bond donors (Lipinski definition) is 0. The summed E-state index contributed by atoms with van der Waals surface area (Å²) in [5.74, 6) is 0. The van der Waals surface area contributed by atoms with Gasteiger partial charge in [0.2, 0.25) is 0 Å². The highest BCUT2D eigenvalue weighted by Gasteiger charge is 2.25. The molecule has 0 aliphatic heterocycles. The molecule has 6 aromatic rings. The molecule has 0 amide bonds. The van der Waals surface area contributed by atoms with Crippen molar-refractivity contribution in [1.82, 2.24) is 0 Å². The SMILES string of the molecule is c1ccc2cc3c4c(ccc3cc2c1)-c1c2ccccc2cc2cccc-4c12. The Hall–Kier alpha value is -3.64. The van der Waals surface area contributed by atoms with Crippen molar-refractivity contribution in [3.8, 4) is 22.3 Å². The maximum absolute atomic E-state index is 2.37. The van der Waals surface area contributed by atoms with Crippen LogP contribution in [0.2, 0.25) is 0 Å². The van der Waals surface area contributed by atoms with Crippen molar-refractivity contribution in [2.75, 3.05) is 0 Å². The fourth-order valence-corrected chi connectivity index (χ4v) is 5.12. The van der Waals surface area contributed by atoms with E-state index in [-0.39, 0.29) is 0 Å². The predicted molar refractivity (Wildman–Crippen MR) is 121 cm³/mol. The normalized spacial score (nSPS) is 12.3. The molecule has 0 saturated heterocycles. The summed E-state index contributed by atoms with van der Waals surface area (Å²) in [7, 11) is 0. The van der Waals surface area contributed by atoms with E-state index in [1.807, 2.05) is 0 Å². The van der Waals surface area contributed by atoms with Gasteiger partial charge in [-0.3, -0.25) is 0 Å². The molecule has 0 heteroatoms. The van der Waals surface area contributed by atoms with Crippen LogP contribution in [-0.2, 0) is 0 Å². The first kappa shape index (κ1) is 14.4. The molecule has 0 bridgehead atoms. The number of rotatable bonds is 0. The Kier molecular flexibility index (Phi) is 2.57. The zero-order chi connectivity index (χ0) is 18.2. The van der Waals surface area contributed by atoms with Crippen LogP contribution in [0.3, 0.4) is 0 Å². The average molecular weight is 352 g/mol. The lowest BCUT2D eigenvalue weighted by molar-refractivity contribution is 1.75. The average Bonchev–Trinajstić information content (AvgIpc) is 3.09. The van der Waals surface area contributed by atoms with Crippen molar-refractivity contribution in [3.63, 3.8) is 0 Å². The predicted octanol–water partition coefficient (Wildman–Crippen LogP) is 7.95. The van der Waals surface area contributed by atoms with Crippen LogP contribution in [0.4, 0.5) is 0 Å². The van der Waals surface area contributed by atoms with Crippen molar-refractivity contribution in [2.45, 2.75) is 0 Å². The zero-order valence-electron chi connectivity index (χ0n) is 15.2. The van der Waals surface area contributed by atoms with Gasteiger partial charge in [-0.1, -0.05) is 78.9 Å². The summed E-state index contributed by atoms with van der Waals surface area (Å²) in [6.45, 7) is 0. The van der Waals surface area contributed by atoms with Crippen molar-refractivity contribution < 1.29 is 0 Å². The zero-order valence-corrected chi connectivity index (χ0v) is 15.2. The van der Waals surface area contributed by atoms with Crippen LogP contribution in [0.5, 0.6) is 0 Å². The van der Waals surface area contributed by atoms with E-state index in [0.717, 1.165) is 0 Å². The lowest BCUT2D eigenvalue weighted by Crippen LogP contribution is -1.83. The van der Waals surface area contributed by atoms with Gasteiger partial charge in [0.25, 0.3) is 0 Å². The number of hydrogen-bond acceptors (Lipinski definition) is 0. The van der Waals surface area contributed by atoms with Gasteiger partial charge >= 0.3 is 0 Å². The van der Waals surface area contributed by atoms with Crippen LogP contribution in [0, 0.1) is 0 Å². The highest BCUT2D eigenvalue weighted by molar-refractivity contribution is 6.27. The van der Waals surface area contributed by atoms with Crippen molar-refractivity contribution in [1.29, 1.82) is 0 Å². The molecule has 28 heavy (non-hydrogen) atoms. The van der Waals surface area contributed by atoms with E-state index in [2.05, 4.69) is 97.1 Å². The Morgan fingerprint density at radius 1 is 0.357 bits per heavy atom. The molecule has 0 fully saturated rings. The van der Waals surface area contributed by atoms with Gasteiger partial charge in [0.05, 0.1) is 0 Å². The maximum Gasteiger partial charge on any atom is -0.00141 e. The summed E-state index contributed by atoms with van der Waals surface area (Å²) < 4.78 is 0. The summed E-state index contributed by atoms with van der Waals surface area (Å²) in [4.78, 5) is 0. The van der Waals surface area contributed by atoms with Crippen LogP contribution in [0.1, 0.15) is 0 Å². The second kappa shape index (κ2) is 4.99. The summed E-state index contributed by atoms with van der Waals surface area (Å²) in [6, 6.07) is 35.8. The minimum Gasteiger partial charge on any atom is -0.0616 e. The minimum absolute atomic E-state index is 1.30. The van der Waals surface area contributed by atoms with Crippen LogP contribution in [0.25, 0.3) is 65.3 Å². The maximum atomic E-state index is 2.37. The molecule has 0 unspecified atom stereocenters. The monoisotopic (exact) mass is 352 g/mol. The fraction of sp³-hybridized carbons (Fsp3) is 0. The smallest absolute Gasteiger partial charge is 0.00141 e. The van der Waals surface area contributed by atoms with Gasteiger partial charge < -0.3 is 0 Å². The quantitative estimate of drug-likeness (QED) is 0.243. The summed E-state index contributed by atoms with van der Waals surface area (Å²) in [6.07, 6.45) is 0. The van der Waals surface area contributed by atoms with Gasteiger partial charge in [-0.2, -0.15) is 0 Å². The minimum atomic E-state index is 1.30. The lowest BCUT2D eigenvalue weighted by Gasteiger charge is -2.10. The topological polar surface area (TPSA) is 0 Å². The van der Waals surface area contributed by atoms with Gasteiger partial charge in [-0.25, -0.2) is 0 Å². The first-order valence-corrected chi connectivity index (χ1v) is 9.79. The van der Waals surface area contributed by atoms with E-state index in [0.29, 0.717) is 0 Å². The molecule has 1 aliphatic carbocycles. The molecular weight excluding hydrogens is 336 g/mol. The highest BCUT2D eigenvalue weighted by atomic mass is 14.3. The molecule has 0 nitrogen and oxygen atoms in total. The number of benzene rings is 6. The molecule has 7 rings (SSSR count). The fourth-order valence-electron chi connectivity index (χ4n) is 5.12. The van der Waals surface area contributed by atoms with Gasteiger partial charge in [0.15, 0.2) is 0 Å². The van der Waals surface area contributed by atoms with Gasteiger partial charge in [0.1, 0.15) is 0 Å². The molecule has 0 N–H and O–H groups in total. The van der Waals surface area contributed by atoms with E-state index in [1.165, 1.54) is 65.3 Å². The molecule has 0 saturated carbocycles. The lowest BCUT2D eigenvalue weighted by atomic mass is 9.93. The Bertz CT molecular complexity index is 1600. The highest BCUT2D eigenvalue weighted by Crippen LogP contribution is 2.52. The molecule has 128 valence electrons. The van der Waals surface area contributed by atoms with Crippen LogP contribution in [-0.4, -0.2) is 0 Å². The Balaban J connectivity index is 1.74. The van der Waals surface area contributed by atoms with E-state index in [9.17, 15) is 0 Å². The Morgan fingerprint density at radius 3 is 1.93 bits per heavy atom. The molecule has 6 aromatic carbocycles. The van der Waals surface area contributed by atoms with Gasteiger partial charge in [0, 0.05) is 0 Å². The molecule has 0 atom stereocenters. The number of fused-ring (bicyclic) bond motifs is 8. The second-order valence-corrected chi connectivity index (χ2v) is 7.79. The van der Waals surface area contributed by atoms with Crippen LogP contribution in [0.15, 0.2) is 97.1 Å². The van der Waals surface area contributed by atoms with Gasteiger partial charge in [-0.15, -0.1) is 0 Å². The Morgan fingerprint density at radius 2 is 1.04 bits per heavy atom. The third-order valence-electron chi connectivity index (χ3n) is 6.31. The third kappa shape index (κ3) is 1.70. The van der Waals surface area contributed by atoms with Crippen molar-refractivity contribution >= 4 is 43.1 Å². The first-order chi connectivity index (χ1) is 13.9.